The van der Waals surface area contributed by atoms with Crippen LogP contribution in [0.1, 0.15) is 29.3 Å². The van der Waals surface area contributed by atoms with Crippen LogP contribution in [0.15, 0.2) is 47.6 Å². The van der Waals surface area contributed by atoms with E-state index < -0.39 is 5.91 Å². The van der Waals surface area contributed by atoms with Crippen LogP contribution in [0.4, 0.5) is 5.69 Å². The van der Waals surface area contributed by atoms with Gasteiger partial charge in [0.25, 0.3) is 5.91 Å². The quantitative estimate of drug-likeness (QED) is 0.555. The van der Waals surface area contributed by atoms with Crippen molar-refractivity contribution in [1.29, 1.82) is 0 Å². The Morgan fingerprint density at radius 1 is 1.24 bits per heavy atom. The van der Waals surface area contributed by atoms with E-state index in [1.54, 1.807) is 49.4 Å². The lowest BCUT2D eigenvalue weighted by Crippen LogP contribution is -2.18. The van der Waals surface area contributed by atoms with Crippen molar-refractivity contribution in [2.45, 2.75) is 13.3 Å². The minimum atomic E-state index is -0.439. The summed E-state index contributed by atoms with van der Waals surface area (Å²) in [5.74, 6) is -0.322. The number of nitrogens with one attached hydrogen (secondary N) is 2. The van der Waals surface area contributed by atoms with Gasteiger partial charge >= 0.3 is 0 Å². The first-order chi connectivity index (χ1) is 12.0. The standard InChI is InChI=1S/C18H19N3O4/c1-3-16(22)20-14-8-4-6-12(10-14)18(24)21-19-11-13-7-5-9-15(25-2)17(13)23/h4-11,23H,3H2,1-2H3,(H,20,22)(H,21,24)/b19-11+. The van der Waals surface area contributed by atoms with Gasteiger partial charge in [-0.05, 0) is 30.3 Å². The molecule has 2 aromatic carbocycles. The molecule has 0 atom stereocenters. The highest BCUT2D eigenvalue weighted by Gasteiger charge is 2.08. The lowest BCUT2D eigenvalue weighted by atomic mass is 10.2. The van der Waals surface area contributed by atoms with Crippen molar-refractivity contribution in [2.24, 2.45) is 5.10 Å². The molecule has 0 spiro atoms. The number of ether oxygens (including phenoxy) is 1. The summed E-state index contributed by atoms with van der Waals surface area (Å²) in [6, 6.07) is 11.5. The molecular formula is C18H19N3O4. The highest BCUT2D eigenvalue weighted by Crippen LogP contribution is 2.27. The lowest BCUT2D eigenvalue weighted by Gasteiger charge is -2.06. The third-order valence-electron chi connectivity index (χ3n) is 3.35. The van der Waals surface area contributed by atoms with E-state index in [1.807, 2.05) is 0 Å². The fraction of sp³-hybridized carbons (Fsp3) is 0.167. The molecule has 0 radical (unpaired) electrons. The number of hydrazone groups is 1. The van der Waals surface area contributed by atoms with Crippen LogP contribution in [0.25, 0.3) is 0 Å². The molecule has 2 aromatic rings. The molecule has 25 heavy (non-hydrogen) atoms. The van der Waals surface area contributed by atoms with Gasteiger partial charge in [-0.3, -0.25) is 9.59 Å². The molecule has 0 aromatic heterocycles. The smallest absolute Gasteiger partial charge is 0.271 e. The Labute approximate surface area is 145 Å². The number of hydrogen-bond donors (Lipinski definition) is 3. The van der Waals surface area contributed by atoms with Gasteiger partial charge in [0.05, 0.1) is 13.3 Å². The molecule has 0 heterocycles. The summed E-state index contributed by atoms with van der Waals surface area (Å²) in [5, 5.41) is 16.5. The number of carbonyl (C=O) groups excluding carboxylic acids is 2. The molecule has 0 aliphatic carbocycles. The largest absolute Gasteiger partial charge is 0.504 e. The molecule has 3 N–H and O–H groups in total. The maximum atomic E-state index is 12.1. The normalized spacial score (nSPS) is 10.5. The molecule has 0 aliphatic rings. The lowest BCUT2D eigenvalue weighted by molar-refractivity contribution is -0.115. The van der Waals surface area contributed by atoms with Crippen molar-refractivity contribution >= 4 is 23.7 Å². The highest BCUT2D eigenvalue weighted by molar-refractivity contribution is 5.97. The summed E-state index contributed by atoms with van der Waals surface area (Å²) in [5.41, 5.74) is 3.66. The number of benzene rings is 2. The van der Waals surface area contributed by atoms with Gasteiger partial charge in [-0.1, -0.05) is 19.1 Å². The average molecular weight is 341 g/mol. The van der Waals surface area contributed by atoms with Crippen LogP contribution in [0.5, 0.6) is 11.5 Å². The zero-order valence-corrected chi connectivity index (χ0v) is 13.9. The Morgan fingerprint density at radius 3 is 2.72 bits per heavy atom. The van der Waals surface area contributed by atoms with Gasteiger partial charge in [0.1, 0.15) is 0 Å². The van der Waals surface area contributed by atoms with Crippen molar-refractivity contribution in [2.75, 3.05) is 12.4 Å². The van der Waals surface area contributed by atoms with Crippen molar-refractivity contribution in [3.63, 3.8) is 0 Å². The van der Waals surface area contributed by atoms with E-state index in [1.165, 1.54) is 13.3 Å². The molecule has 0 saturated heterocycles. The van der Waals surface area contributed by atoms with Crippen molar-refractivity contribution < 1.29 is 19.4 Å². The number of phenols is 1. The van der Waals surface area contributed by atoms with E-state index in [9.17, 15) is 14.7 Å². The fourth-order valence-corrected chi connectivity index (χ4v) is 2.02. The van der Waals surface area contributed by atoms with Crippen molar-refractivity contribution in [3.8, 4) is 11.5 Å². The molecule has 130 valence electrons. The van der Waals surface area contributed by atoms with Gasteiger partial charge in [-0.15, -0.1) is 0 Å². The first-order valence-corrected chi connectivity index (χ1v) is 7.64. The van der Waals surface area contributed by atoms with E-state index >= 15 is 0 Å². The monoisotopic (exact) mass is 341 g/mol. The summed E-state index contributed by atoms with van der Waals surface area (Å²) in [7, 11) is 1.45. The SMILES string of the molecule is CCC(=O)Nc1cccc(C(=O)N/N=C/c2cccc(OC)c2O)c1. The van der Waals surface area contributed by atoms with Crippen LogP contribution >= 0.6 is 0 Å². The van der Waals surface area contributed by atoms with Gasteiger partial charge in [-0.25, -0.2) is 5.43 Å². The van der Waals surface area contributed by atoms with Gasteiger partial charge in [-0.2, -0.15) is 5.10 Å². The van der Waals surface area contributed by atoms with E-state index in [0.29, 0.717) is 29.0 Å². The first kappa shape index (κ1) is 18.0. The van der Waals surface area contributed by atoms with Crippen LogP contribution in [-0.2, 0) is 4.79 Å². The number of methoxy groups -OCH3 is 1. The minimum absolute atomic E-state index is 0.0627. The molecule has 2 amide bonds. The second-order valence-electron chi connectivity index (χ2n) is 5.08. The van der Waals surface area contributed by atoms with Crippen LogP contribution < -0.4 is 15.5 Å². The number of phenolic OH excluding ortho intramolecular Hbond substituents is 1. The Morgan fingerprint density at radius 2 is 2.00 bits per heavy atom. The summed E-state index contributed by atoms with van der Waals surface area (Å²) in [6.07, 6.45) is 1.67. The van der Waals surface area contributed by atoms with E-state index in [2.05, 4.69) is 15.8 Å². The molecular weight excluding hydrogens is 322 g/mol. The average Bonchev–Trinajstić information content (AvgIpc) is 2.63. The summed E-state index contributed by atoms with van der Waals surface area (Å²) >= 11 is 0. The van der Waals surface area contributed by atoms with Gasteiger partial charge in [0, 0.05) is 23.2 Å². The van der Waals surface area contributed by atoms with Gasteiger partial charge in [0.15, 0.2) is 11.5 Å². The second kappa shape index (κ2) is 8.49. The Kier molecular flexibility index (Phi) is 6.11. The van der Waals surface area contributed by atoms with Crippen molar-refractivity contribution in [3.05, 3.63) is 53.6 Å². The number of anilines is 1. The zero-order valence-electron chi connectivity index (χ0n) is 13.9. The van der Waals surface area contributed by atoms with Crippen LogP contribution in [-0.4, -0.2) is 30.2 Å². The molecule has 0 unspecified atom stereocenters. The molecule has 7 heteroatoms. The third kappa shape index (κ3) is 4.81. The van der Waals surface area contributed by atoms with Crippen LogP contribution in [0.2, 0.25) is 0 Å². The molecule has 0 bridgehead atoms. The molecule has 2 rings (SSSR count). The molecule has 7 nitrogen and oxygen atoms in total. The second-order valence-corrected chi connectivity index (χ2v) is 5.08. The number of hydrogen-bond acceptors (Lipinski definition) is 5. The first-order valence-electron chi connectivity index (χ1n) is 7.64. The topological polar surface area (TPSA) is 100 Å². The minimum Gasteiger partial charge on any atom is -0.504 e. The Balaban J connectivity index is 2.05. The van der Waals surface area contributed by atoms with Crippen LogP contribution in [0, 0.1) is 0 Å². The van der Waals surface area contributed by atoms with E-state index in [4.69, 9.17) is 4.74 Å². The van der Waals surface area contributed by atoms with Crippen molar-refractivity contribution in [1.82, 2.24) is 5.43 Å². The molecule has 0 saturated carbocycles. The Hall–Kier alpha value is -3.35. The predicted molar refractivity (Wildman–Crippen MR) is 95.1 cm³/mol. The molecule has 0 fully saturated rings. The van der Waals surface area contributed by atoms with E-state index in [0.717, 1.165) is 0 Å². The third-order valence-corrected chi connectivity index (χ3v) is 3.35. The number of nitrogens with zero attached hydrogens (tertiary/aromatic N) is 1. The predicted octanol–water partition coefficient (Wildman–Crippen LogP) is 2.51. The summed E-state index contributed by atoms with van der Waals surface area (Å²) in [4.78, 5) is 23.5. The fourth-order valence-electron chi connectivity index (χ4n) is 2.02. The number of aromatic hydroxyl groups is 1. The zero-order chi connectivity index (χ0) is 18.2. The number of rotatable bonds is 6. The highest BCUT2D eigenvalue weighted by atomic mass is 16.5. The maximum Gasteiger partial charge on any atom is 0.271 e. The summed E-state index contributed by atoms with van der Waals surface area (Å²) < 4.78 is 5.00. The Bertz CT molecular complexity index is 803. The maximum absolute atomic E-state index is 12.1. The van der Waals surface area contributed by atoms with E-state index in [-0.39, 0.29) is 11.7 Å². The number of carbonyl (C=O) groups is 2. The van der Waals surface area contributed by atoms with Crippen LogP contribution in [0.3, 0.4) is 0 Å². The molecule has 0 aliphatic heterocycles. The summed E-state index contributed by atoms with van der Waals surface area (Å²) in [6.45, 7) is 1.74. The number of amides is 2. The number of para-hydroxylation sites is 1. The van der Waals surface area contributed by atoms with Gasteiger partial charge < -0.3 is 15.2 Å². The van der Waals surface area contributed by atoms with Gasteiger partial charge in [0.2, 0.25) is 5.91 Å².